The number of aliphatic hydroxyl groups is 1. The number of amides is 1. The minimum Gasteiger partial charge on any atom is -0.489 e. The van der Waals surface area contributed by atoms with E-state index in [1.807, 2.05) is 35.2 Å². The first-order chi connectivity index (χ1) is 15.5. The zero-order chi connectivity index (χ0) is 22.5. The van der Waals surface area contributed by atoms with Crippen LogP contribution in [0.3, 0.4) is 0 Å². The molecule has 2 aliphatic rings. The molecule has 2 aliphatic heterocycles. The number of carbonyl (C=O) groups is 1. The lowest BCUT2D eigenvalue weighted by Crippen LogP contribution is -2.46. The van der Waals surface area contributed by atoms with Crippen LogP contribution in [0.2, 0.25) is 0 Å². The van der Waals surface area contributed by atoms with E-state index in [9.17, 15) is 9.90 Å². The first-order valence-electron chi connectivity index (χ1n) is 11.8. The summed E-state index contributed by atoms with van der Waals surface area (Å²) in [5.74, 6) is 1.03. The van der Waals surface area contributed by atoms with Gasteiger partial charge in [0.05, 0.1) is 17.9 Å². The molecule has 2 heterocycles. The molecule has 0 atom stereocenters. The van der Waals surface area contributed by atoms with Gasteiger partial charge in [0.15, 0.2) is 0 Å². The van der Waals surface area contributed by atoms with Crippen molar-refractivity contribution in [2.75, 3.05) is 44.2 Å². The Balaban J connectivity index is 1.34. The van der Waals surface area contributed by atoms with Crippen molar-refractivity contribution < 1.29 is 14.6 Å². The molecule has 32 heavy (non-hydrogen) atoms. The first-order valence-corrected chi connectivity index (χ1v) is 11.8. The van der Waals surface area contributed by atoms with E-state index in [1.54, 1.807) is 0 Å². The van der Waals surface area contributed by atoms with Gasteiger partial charge in [-0.25, -0.2) is 0 Å². The molecule has 2 aromatic rings. The number of hydrogen-bond donors (Lipinski definition) is 1. The zero-order valence-corrected chi connectivity index (χ0v) is 19.2. The molecule has 4 rings (SSSR count). The van der Waals surface area contributed by atoms with Crippen LogP contribution in [0.15, 0.2) is 48.5 Å². The summed E-state index contributed by atoms with van der Waals surface area (Å²) in [6, 6.07) is 16.3. The number of likely N-dealkylation sites (tertiary alicyclic amines) is 1. The first kappa shape index (κ1) is 22.6. The van der Waals surface area contributed by atoms with Crippen LogP contribution >= 0.6 is 0 Å². The van der Waals surface area contributed by atoms with Gasteiger partial charge in [-0.3, -0.25) is 9.69 Å². The van der Waals surface area contributed by atoms with Crippen molar-refractivity contribution in [3.63, 3.8) is 0 Å². The molecule has 1 amide bonds. The van der Waals surface area contributed by atoms with Crippen LogP contribution in [0, 0.1) is 0 Å². The number of hydrogen-bond acceptors (Lipinski definition) is 5. The number of para-hydroxylation sites is 2. The summed E-state index contributed by atoms with van der Waals surface area (Å²) in [5.41, 5.74) is 3.09. The highest BCUT2D eigenvalue weighted by molar-refractivity contribution is 5.94. The molecule has 0 spiro atoms. The highest BCUT2D eigenvalue weighted by Gasteiger charge is 2.23. The smallest absolute Gasteiger partial charge is 0.253 e. The van der Waals surface area contributed by atoms with Crippen LogP contribution in [0.25, 0.3) is 0 Å². The topological polar surface area (TPSA) is 56.2 Å². The summed E-state index contributed by atoms with van der Waals surface area (Å²) in [5, 5.41) is 9.70. The van der Waals surface area contributed by atoms with E-state index in [2.05, 4.69) is 41.8 Å². The van der Waals surface area contributed by atoms with Crippen LogP contribution in [0.5, 0.6) is 5.75 Å². The predicted molar refractivity (Wildman–Crippen MR) is 127 cm³/mol. The Morgan fingerprint density at radius 1 is 1.00 bits per heavy atom. The van der Waals surface area contributed by atoms with E-state index in [4.69, 9.17) is 4.74 Å². The Morgan fingerprint density at radius 2 is 1.72 bits per heavy atom. The third-order valence-corrected chi connectivity index (χ3v) is 6.27. The van der Waals surface area contributed by atoms with Crippen LogP contribution in [0.1, 0.15) is 42.6 Å². The molecule has 0 unspecified atom stereocenters. The van der Waals surface area contributed by atoms with Crippen molar-refractivity contribution in [2.45, 2.75) is 45.4 Å². The van der Waals surface area contributed by atoms with Crippen molar-refractivity contribution >= 4 is 11.6 Å². The monoisotopic (exact) mass is 437 g/mol. The summed E-state index contributed by atoms with van der Waals surface area (Å²) < 4.78 is 6.01. The molecule has 0 radical (unpaired) electrons. The number of benzene rings is 2. The van der Waals surface area contributed by atoms with Gasteiger partial charge in [-0.1, -0.05) is 24.3 Å². The quantitative estimate of drug-likeness (QED) is 0.751. The fraction of sp³-hybridized carbons (Fsp3) is 0.500. The Morgan fingerprint density at radius 3 is 2.44 bits per heavy atom. The minimum atomic E-state index is -0.270. The number of aliphatic hydroxyl groups excluding tert-OH is 1. The van der Waals surface area contributed by atoms with Gasteiger partial charge < -0.3 is 19.6 Å². The summed E-state index contributed by atoms with van der Waals surface area (Å²) in [7, 11) is 0. The Labute approximate surface area is 191 Å². The number of piperidine rings is 1. The number of carbonyl (C=O) groups excluding carboxylic acids is 1. The lowest BCUT2D eigenvalue weighted by molar-refractivity contribution is 0.0546. The highest BCUT2D eigenvalue weighted by Crippen LogP contribution is 2.30. The van der Waals surface area contributed by atoms with Crippen LogP contribution < -0.4 is 9.64 Å². The summed E-state index contributed by atoms with van der Waals surface area (Å²) in [6.45, 7) is 10.1. The maximum absolute atomic E-state index is 12.9. The molecule has 0 aromatic heterocycles. The van der Waals surface area contributed by atoms with Gasteiger partial charge in [-0.2, -0.15) is 0 Å². The van der Waals surface area contributed by atoms with Gasteiger partial charge in [-0.15, -0.1) is 0 Å². The van der Waals surface area contributed by atoms with Gasteiger partial charge in [0.1, 0.15) is 5.75 Å². The van der Waals surface area contributed by atoms with Crippen molar-refractivity contribution in [1.82, 2.24) is 9.80 Å². The fourth-order valence-corrected chi connectivity index (χ4v) is 4.53. The molecule has 0 bridgehead atoms. The highest BCUT2D eigenvalue weighted by atomic mass is 16.5. The number of nitrogens with zero attached hydrogens (tertiary/aromatic N) is 3. The van der Waals surface area contributed by atoms with Crippen LogP contribution in [-0.4, -0.2) is 72.3 Å². The summed E-state index contributed by atoms with van der Waals surface area (Å²) in [4.78, 5) is 19.6. The predicted octanol–water partition coefficient (Wildman–Crippen LogP) is 3.39. The number of piperazine rings is 1. The van der Waals surface area contributed by atoms with Gasteiger partial charge in [-0.05, 0) is 56.5 Å². The number of ether oxygens (including phenoxy) is 1. The molecule has 172 valence electrons. The summed E-state index contributed by atoms with van der Waals surface area (Å²) in [6.07, 6.45) is 1.22. The lowest BCUT2D eigenvalue weighted by Gasteiger charge is -2.37. The number of anilines is 1. The number of rotatable bonds is 6. The SMILES string of the molecule is CC(C)Oc1ccccc1N1CCN(Cc2cccc(C(=O)N3CCC(O)CC3)c2)CC1. The van der Waals surface area contributed by atoms with Crippen LogP contribution in [-0.2, 0) is 6.54 Å². The molecule has 6 heteroatoms. The summed E-state index contributed by atoms with van der Waals surface area (Å²) >= 11 is 0. The fourth-order valence-electron chi connectivity index (χ4n) is 4.53. The Kier molecular flexibility index (Phi) is 7.33. The van der Waals surface area contributed by atoms with Gasteiger partial charge in [0.25, 0.3) is 5.91 Å². The average molecular weight is 438 g/mol. The van der Waals surface area contributed by atoms with Crippen LogP contribution in [0.4, 0.5) is 5.69 Å². The van der Waals surface area contributed by atoms with Gasteiger partial charge >= 0.3 is 0 Å². The van der Waals surface area contributed by atoms with E-state index in [1.165, 1.54) is 11.3 Å². The van der Waals surface area contributed by atoms with Gasteiger partial charge in [0.2, 0.25) is 0 Å². The van der Waals surface area contributed by atoms with E-state index >= 15 is 0 Å². The molecule has 2 aromatic carbocycles. The van der Waals surface area contributed by atoms with E-state index in [0.717, 1.165) is 44.0 Å². The van der Waals surface area contributed by atoms with Crippen molar-refractivity contribution in [2.24, 2.45) is 0 Å². The Bertz CT molecular complexity index is 901. The normalized spacial score (nSPS) is 18.2. The average Bonchev–Trinajstić information content (AvgIpc) is 2.80. The molecule has 6 nitrogen and oxygen atoms in total. The molecule has 0 aliphatic carbocycles. The third kappa shape index (κ3) is 5.61. The Hall–Kier alpha value is -2.57. The third-order valence-electron chi connectivity index (χ3n) is 6.27. The van der Waals surface area contributed by atoms with Crippen molar-refractivity contribution in [3.05, 3.63) is 59.7 Å². The molecule has 2 fully saturated rings. The largest absolute Gasteiger partial charge is 0.489 e. The van der Waals surface area contributed by atoms with E-state index < -0.39 is 0 Å². The minimum absolute atomic E-state index is 0.0744. The van der Waals surface area contributed by atoms with E-state index in [0.29, 0.717) is 25.9 Å². The molecular weight excluding hydrogens is 402 g/mol. The molecule has 2 saturated heterocycles. The maximum atomic E-state index is 12.9. The molecule has 1 N–H and O–H groups in total. The second kappa shape index (κ2) is 10.4. The molecular formula is C26H35N3O3. The van der Waals surface area contributed by atoms with Crippen molar-refractivity contribution in [1.29, 1.82) is 0 Å². The van der Waals surface area contributed by atoms with Gasteiger partial charge in [0, 0.05) is 51.4 Å². The lowest BCUT2D eigenvalue weighted by atomic mass is 10.0. The second-order valence-corrected chi connectivity index (χ2v) is 9.12. The van der Waals surface area contributed by atoms with Crippen molar-refractivity contribution in [3.8, 4) is 5.75 Å². The molecule has 0 saturated carbocycles. The maximum Gasteiger partial charge on any atom is 0.253 e. The standard InChI is InChI=1S/C26H35N3O3/c1-20(2)32-25-9-4-3-8-24(25)28-16-14-27(15-17-28)19-21-6-5-7-22(18-21)26(31)29-12-10-23(30)11-13-29/h3-9,18,20,23,30H,10-17,19H2,1-2H3. The second-order valence-electron chi connectivity index (χ2n) is 9.12. The van der Waals surface area contributed by atoms with E-state index in [-0.39, 0.29) is 18.1 Å². The zero-order valence-electron chi connectivity index (χ0n) is 19.2.